The lowest BCUT2D eigenvalue weighted by atomic mass is 10.1. The standard InChI is InChI=1S/C16H19FN4O/c1-11(12-5-4-6-13(17)9-12)21-10-15(19-20-21)16(22)18-14-7-2-3-8-14/h4-6,9-11,14H,2-3,7-8H2,1H3,(H,18,22)/t11-/m1/s1. The molecule has 0 saturated heterocycles. The Bertz CT molecular complexity index is 664. The minimum Gasteiger partial charge on any atom is -0.348 e. The highest BCUT2D eigenvalue weighted by atomic mass is 19.1. The van der Waals surface area contributed by atoms with E-state index < -0.39 is 0 Å². The number of carbonyl (C=O) groups is 1. The normalized spacial score (nSPS) is 16.6. The van der Waals surface area contributed by atoms with E-state index in [4.69, 9.17) is 0 Å². The number of rotatable bonds is 4. The molecule has 1 N–H and O–H groups in total. The van der Waals surface area contributed by atoms with Crippen molar-refractivity contribution in [1.82, 2.24) is 20.3 Å². The molecule has 0 spiro atoms. The Kier molecular flexibility index (Phi) is 4.18. The van der Waals surface area contributed by atoms with Crippen LogP contribution in [-0.2, 0) is 0 Å². The molecule has 1 aliphatic carbocycles. The van der Waals surface area contributed by atoms with Gasteiger partial charge >= 0.3 is 0 Å². The van der Waals surface area contributed by atoms with E-state index in [9.17, 15) is 9.18 Å². The summed E-state index contributed by atoms with van der Waals surface area (Å²) in [7, 11) is 0. The fourth-order valence-corrected chi connectivity index (χ4v) is 2.82. The summed E-state index contributed by atoms with van der Waals surface area (Å²) in [4.78, 5) is 12.1. The molecule has 2 aromatic rings. The predicted octanol–water partition coefficient (Wildman–Crippen LogP) is 2.70. The third-order valence-electron chi connectivity index (χ3n) is 4.16. The van der Waals surface area contributed by atoms with Gasteiger partial charge < -0.3 is 5.32 Å². The lowest BCUT2D eigenvalue weighted by Gasteiger charge is -2.11. The molecule has 0 aliphatic heterocycles. The molecule has 0 unspecified atom stereocenters. The van der Waals surface area contributed by atoms with Crippen LogP contribution in [0.25, 0.3) is 0 Å². The van der Waals surface area contributed by atoms with Gasteiger partial charge in [0.15, 0.2) is 5.69 Å². The van der Waals surface area contributed by atoms with E-state index in [0.29, 0.717) is 5.69 Å². The van der Waals surface area contributed by atoms with Crippen molar-refractivity contribution in [2.45, 2.75) is 44.7 Å². The van der Waals surface area contributed by atoms with Gasteiger partial charge in [-0.15, -0.1) is 5.10 Å². The van der Waals surface area contributed by atoms with Crippen molar-refractivity contribution in [2.24, 2.45) is 0 Å². The van der Waals surface area contributed by atoms with Gasteiger partial charge in [-0.3, -0.25) is 4.79 Å². The molecule has 3 rings (SSSR count). The number of nitrogens with one attached hydrogen (secondary N) is 1. The zero-order chi connectivity index (χ0) is 15.5. The molecule has 22 heavy (non-hydrogen) atoms. The van der Waals surface area contributed by atoms with Crippen LogP contribution < -0.4 is 5.32 Å². The van der Waals surface area contributed by atoms with Crippen LogP contribution in [0.2, 0.25) is 0 Å². The Balaban J connectivity index is 1.71. The summed E-state index contributed by atoms with van der Waals surface area (Å²) in [5, 5.41) is 10.9. The molecule has 1 saturated carbocycles. The Morgan fingerprint density at radius 1 is 1.41 bits per heavy atom. The van der Waals surface area contributed by atoms with E-state index in [-0.39, 0.29) is 23.8 Å². The Labute approximate surface area is 128 Å². The molecule has 0 bridgehead atoms. The number of aromatic nitrogens is 3. The van der Waals surface area contributed by atoms with Crippen molar-refractivity contribution >= 4 is 5.91 Å². The second kappa shape index (κ2) is 6.25. The van der Waals surface area contributed by atoms with Crippen molar-refractivity contribution in [3.05, 3.63) is 47.5 Å². The van der Waals surface area contributed by atoms with E-state index >= 15 is 0 Å². The second-order valence-electron chi connectivity index (χ2n) is 5.77. The van der Waals surface area contributed by atoms with Crippen LogP contribution in [0, 0.1) is 5.82 Å². The molecule has 5 nitrogen and oxygen atoms in total. The molecule has 1 aliphatic rings. The predicted molar refractivity (Wildman–Crippen MR) is 80.0 cm³/mol. The average molecular weight is 302 g/mol. The van der Waals surface area contributed by atoms with Crippen molar-refractivity contribution in [2.75, 3.05) is 0 Å². The van der Waals surface area contributed by atoms with Gasteiger partial charge in [-0.05, 0) is 37.5 Å². The molecule has 1 aromatic carbocycles. The van der Waals surface area contributed by atoms with Gasteiger partial charge in [0.1, 0.15) is 5.82 Å². The minimum atomic E-state index is -0.288. The maximum absolute atomic E-state index is 13.3. The van der Waals surface area contributed by atoms with Crippen LogP contribution in [0.15, 0.2) is 30.5 Å². The van der Waals surface area contributed by atoms with Crippen molar-refractivity contribution < 1.29 is 9.18 Å². The summed E-state index contributed by atoms with van der Waals surface area (Å²) >= 11 is 0. The van der Waals surface area contributed by atoms with Gasteiger partial charge in [-0.25, -0.2) is 9.07 Å². The largest absolute Gasteiger partial charge is 0.348 e. The number of halogens is 1. The van der Waals surface area contributed by atoms with Crippen molar-refractivity contribution in [1.29, 1.82) is 0 Å². The highest BCUT2D eigenvalue weighted by Crippen LogP contribution is 2.19. The molecule has 1 heterocycles. The van der Waals surface area contributed by atoms with Gasteiger partial charge in [-0.1, -0.05) is 30.2 Å². The fraction of sp³-hybridized carbons (Fsp3) is 0.438. The first-order valence-corrected chi connectivity index (χ1v) is 7.61. The lowest BCUT2D eigenvalue weighted by Crippen LogP contribution is -2.32. The summed E-state index contributed by atoms with van der Waals surface area (Å²) in [5.41, 5.74) is 1.09. The molecule has 6 heteroatoms. The van der Waals surface area contributed by atoms with E-state index in [1.165, 1.54) is 12.1 Å². The van der Waals surface area contributed by atoms with Crippen LogP contribution in [0.1, 0.15) is 54.7 Å². The molecular weight excluding hydrogens is 283 g/mol. The second-order valence-corrected chi connectivity index (χ2v) is 5.77. The number of benzene rings is 1. The SMILES string of the molecule is C[C@H](c1cccc(F)c1)n1cc(C(=O)NC2CCCC2)nn1. The summed E-state index contributed by atoms with van der Waals surface area (Å²) in [6.45, 7) is 1.89. The van der Waals surface area contributed by atoms with Crippen molar-refractivity contribution in [3.63, 3.8) is 0 Å². The zero-order valence-electron chi connectivity index (χ0n) is 12.5. The summed E-state index contributed by atoms with van der Waals surface area (Å²) in [6.07, 6.45) is 5.99. The summed E-state index contributed by atoms with van der Waals surface area (Å²) < 4.78 is 14.9. The first kappa shape index (κ1) is 14.7. The van der Waals surface area contributed by atoms with E-state index in [1.54, 1.807) is 16.9 Å². The van der Waals surface area contributed by atoms with Gasteiger partial charge in [0, 0.05) is 6.04 Å². The summed E-state index contributed by atoms with van der Waals surface area (Å²) in [6, 6.07) is 6.41. The van der Waals surface area contributed by atoms with Gasteiger partial charge in [-0.2, -0.15) is 0 Å². The highest BCUT2D eigenvalue weighted by Gasteiger charge is 2.20. The highest BCUT2D eigenvalue weighted by molar-refractivity contribution is 5.92. The van der Waals surface area contributed by atoms with Crippen LogP contribution >= 0.6 is 0 Å². The zero-order valence-corrected chi connectivity index (χ0v) is 12.5. The fourth-order valence-electron chi connectivity index (χ4n) is 2.82. The topological polar surface area (TPSA) is 59.8 Å². The Hall–Kier alpha value is -2.24. The van der Waals surface area contributed by atoms with E-state index in [0.717, 1.165) is 31.2 Å². The van der Waals surface area contributed by atoms with Crippen LogP contribution in [0.5, 0.6) is 0 Å². The van der Waals surface area contributed by atoms with Crippen molar-refractivity contribution in [3.8, 4) is 0 Å². The van der Waals surface area contributed by atoms with E-state index in [2.05, 4.69) is 15.6 Å². The summed E-state index contributed by atoms with van der Waals surface area (Å²) in [5.74, 6) is -0.478. The molecule has 1 aromatic heterocycles. The van der Waals surface area contributed by atoms with Crippen LogP contribution in [-0.4, -0.2) is 26.9 Å². The Morgan fingerprint density at radius 3 is 2.91 bits per heavy atom. The maximum Gasteiger partial charge on any atom is 0.273 e. The minimum absolute atomic E-state index is 0.184. The molecule has 0 radical (unpaired) electrons. The smallest absolute Gasteiger partial charge is 0.273 e. The number of carbonyl (C=O) groups excluding carboxylic acids is 1. The molecule has 116 valence electrons. The average Bonchev–Trinajstić information content (AvgIpc) is 3.17. The molecule has 1 fully saturated rings. The number of hydrogen-bond donors (Lipinski definition) is 1. The molecule has 1 atom stereocenters. The number of amides is 1. The third kappa shape index (κ3) is 3.16. The molecule has 1 amide bonds. The van der Waals surface area contributed by atoms with Gasteiger partial charge in [0.25, 0.3) is 5.91 Å². The molecular formula is C16H19FN4O. The van der Waals surface area contributed by atoms with Gasteiger partial charge in [0.2, 0.25) is 0 Å². The van der Waals surface area contributed by atoms with Crippen LogP contribution in [0.3, 0.4) is 0 Å². The van der Waals surface area contributed by atoms with Crippen LogP contribution in [0.4, 0.5) is 4.39 Å². The lowest BCUT2D eigenvalue weighted by molar-refractivity contribution is 0.0932. The number of hydrogen-bond acceptors (Lipinski definition) is 3. The monoisotopic (exact) mass is 302 g/mol. The first-order chi connectivity index (χ1) is 10.6. The quantitative estimate of drug-likeness (QED) is 0.944. The first-order valence-electron chi connectivity index (χ1n) is 7.61. The number of nitrogens with zero attached hydrogens (tertiary/aromatic N) is 3. The van der Waals surface area contributed by atoms with Gasteiger partial charge in [0.05, 0.1) is 12.2 Å². The maximum atomic E-state index is 13.3. The van der Waals surface area contributed by atoms with E-state index in [1.807, 2.05) is 13.0 Å². The Morgan fingerprint density at radius 2 is 2.18 bits per heavy atom. The third-order valence-corrected chi connectivity index (χ3v) is 4.16.